The number of halogens is 1. The molecule has 20 heavy (non-hydrogen) atoms. The lowest BCUT2D eigenvalue weighted by Crippen LogP contribution is -2.41. The third-order valence-corrected chi connectivity index (χ3v) is 3.41. The Kier molecular flexibility index (Phi) is 5.25. The summed E-state index contributed by atoms with van der Waals surface area (Å²) >= 11 is 0. The predicted molar refractivity (Wildman–Crippen MR) is 75.1 cm³/mol. The summed E-state index contributed by atoms with van der Waals surface area (Å²) in [5.74, 6) is -0.566. The highest BCUT2D eigenvalue weighted by atomic mass is 19.1. The van der Waals surface area contributed by atoms with Crippen LogP contribution in [-0.2, 0) is 0 Å². The molecule has 0 aromatic heterocycles. The van der Waals surface area contributed by atoms with E-state index in [-0.39, 0.29) is 31.5 Å². The van der Waals surface area contributed by atoms with Crippen molar-refractivity contribution in [3.05, 3.63) is 34.6 Å². The molecule has 1 aromatic carbocycles. The Morgan fingerprint density at radius 3 is 2.10 bits per heavy atom. The average molecular weight is 283 g/mol. The van der Waals surface area contributed by atoms with Gasteiger partial charge in [-0.25, -0.2) is 4.39 Å². The van der Waals surface area contributed by atoms with E-state index in [4.69, 9.17) is 0 Å². The predicted octanol–water partition coefficient (Wildman–Crippen LogP) is 1.51. The van der Waals surface area contributed by atoms with Gasteiger partial charge in [0.25, 0.3) is 5.91 Å². The molecule has 0 fully saturated rings. The first-order chi connectivity index (χ1) is 9.24. The second kappa shape index (κ2) is 6.33. The molecule has 0 atom stereocenters. The maximum absolute atomic E-state index is 13.6. The highest BCUT2D eigenvalue weighted by molar-refractivity contribution is 5.94. The minimum absolute atomic E-state index is 0.217. The average Bonchev–Trinajstić information content (AvgIpc) is 2.43. The van der Waals surface area contributed by atoms with Gasteiger partial charge in [-0.05, 0) is 37.1 Å². The van der Waals surface area contributed by atoms with Gasteiger partial charge in [-0.15, -0.1) is 0 Å². The van der Waals surface area contributed by atoms with E-state index in [1.807, 2.05) is 0 Å². The number of benzene rings is 1. The minimum Gasteiger partial charge on any atom is -0.396 e. The Bertz CT molecular complexity index is 475. The summed E-state index contributed by atoms with van der Waals surface area (Å²) in [6.07, 6.45) is 0. The van der Waals surface area contributed by atoms with Crippen LogP contribution in [0.25, 0.3) is 0 Å². The van der Waals surface area contributed by atoms with E-state index < -0.39 is 5.41 Å². The molecule has 112 valence electrons. The first-order valence-electron chi connectivity index (χ1n) is 6.48. The number of aliphatic hydroxyl groups excluding tert-OH is 2. The summed E-state index contributed by atoms with van der Waals surface area (Å²) in [5.41, 5.74) is 0.499. The largest absolute Gasteiger partial charge is 0.396 e. The van der Waals surface area contributed by atoms with Crippen LogP contribution in [0, 0.1) is 25.1 Å². The molecule has 5 heteroatoms. The Hall–Kier alpha value is -1.46. The van der Waals surface area contributed by atoms with Crippen molar-refractivity contribution in [2.45, 2.75) is 20.8 Å². The number of hydrogen-bond donors (Lipinski definition) is 2. The molecule has 4 nitrogen and oxygen atoms in total. The molecule has 0 bridgehead atoms. The van der Waals surface area contributed by atoms with Gasteiger partial charge in [0.05, 0.1) is 13.2 Å². The van der Waals surface area contributed by atoms with Crippen LogP contribution in [0.1, 0.15) is 28.4 Å². The van der Waals surface area contributed by atoms with Crippen molar-refractivity contribution in [1.82, 2.24) is 4.90 Å². The topological polar surface area (TPSA) is 60.8 Å². The summed E-state index contributed by atoms with van der Waals surface area (Å²) < 4.78 is 13.6. The molecule has 0 saturated carbocycles. The van der Waals surface area contributed by atoms with Gasteiger partial charge in [-0.2, -0.15) is 0 Å². The molecule has 1 rings (SSSR count). The second-order valence-electron chi connectivity index (χ2n) is 5.71. The van der Waals surface area contributed by atoms with Gasteiger partial charge in [0.1, 0.15) is 5.82 Å². The van der Waals surface area contributed by atoms with Crippen molar-refractivity contribution in [3.63, 3.8) is 0 Å². The first kappa shape index (κ1) is 16.6. The molecule has 1 amide bonds. The third kappa shape index (κ3) is 3.55. The zero-order chi connectivity index (χ0) is 15.5. The zero-order valence-electron chi connectivity index (χ0n) is 12.4. The van der Waals surface area contributed by atoms with Crippen molar-refractivity contribution >= 4 is 5.91 Å². The van der Waals surface area contributed by atoms with Gasteiger partial charge in [0.15, 0.2) is 0 Å². The van der Waals surface area contributed by atoms with E-state index >= 15 is 0 Å². The molecular weight excluding hydrogens is 261 g/mol. The van der Waals surface area contributed by atoms with Crippen molar-refractivity contribution in [2.24, 2.45) is 5.41 Å². The van der Waals surface area contributed by atoms with Crippen molar-refractivity contribution in [1.29, 1.82) is 0 Å². The van der Waals surface area contributed by atoms with Crippen LogP contribution in [0.3, 0.4) is 0 Å². The fraction of sp³-hybridized carbons (Fsp3) is 0.533. The number of carbonyl (C=O) groups excluding carboxylic acids is 1. The molecule has 0 saturated heterocycles. The maximum atomic E-state index is 13.6. The Balaban J connectivity index is 2.95. The Labute approximate surface area is 118 Å². The molecule has 0 spiro atoms. The summed E-state index contributed by atoms with van der Waals surface area (Å²) in [6, 6.07) is 3.02. The van der Waals surface area contributed by atoms with Gasteiger partial charge >= 0.3 is 0 Å². The number of carbonyl (C=O) groups is 1. The van der Waals surface area contributed by atoms with E-state index in [1.165, 1.54) is 17.0 Å². The Morgan fingerprint density at radius 2 is 1.70 bits per heavy atom. The third-order valence-electron chi connectivity index (χ3n) is 3.41. The summed E-state index contributed by atoms with van der Waals surface area (Å²) in [6.45, 7) is 4.70. The normalized spacial score (nSPS) is 11.6. The lowest BCUT2D eigenvalue weighted by molar-refractivity contribution is 0.0366. The van der Waals surface area contributed by atoms with Crippen LogP contribution < -0.4 is 0 Å². The van der Waals surface area contributed by atoms with Crippen LogP contribution in [0.5, 0.6) is 0 Å². The molecule has 0 aliphatic carbocycles. The van der Waals surface area contributed by atoms with Gasteiger partial charge in [-0.1, -0.05) is 6.92 Å². The molecule has 0 heterocycles. The van der Waals surface area contributed by atoms with Gasteiger partial charge in [-0.3, -0.25) is 4.79 Å². The standard InChI is InChI=1S/C15H22FNO3/c1-10-5-12(6-11(2)13(10)16)14(20)17(4)7-15(3,8-18)9-19/h5-6,18-19H,7-9H2,1-4H3. The molecule has 2 N–H and O–H groups in total. The smallest absolute Gasteiger partial charge is 0.253 e. The Morgan fingerprint density at radius 1 is 1.25 bits per heavy atom. The highest BCUT2D eigenvalue weighted by Crippen LogP contribution is 2.19. The van der Waals surface area contributed by atoms with Crippen LogP contribution in [0.15, 0.2) is 12.1 Å². The molecule has 0 aliphatic heterocycles. The lowest BCUT2D eigenvalue weighted by atomic mass is 9.92. The van der Waals surface area contributed by atoms with E-state index in [0.717, 1.165) is 0 Å². The first-order valence-corrected chi connectivity index (χ1v) is 6.48. The molecular formula is C15H22FNO3. The number of aryl methyl sites for hydroxylation is 2. The van der Waals surface area contributed by atoms with E-state index in [1.54, 1.807) is 27.8 Å². The summed E-state index contributed by atoms with van der Waals surface area (Å²) in [5, 5.41) is 18.5. The van der Waals surface area contributed by atoms with Gasteiger partial charge < -0.3 is 15.1 Å². The van der Waals surface area contributed by atoms with Crippen molar-refractivity contribution in [3.8, 4) is 0 Å². The zero-order valence-corrected chi connectivity index (χ0v) is 12.4. The highest BCUT2D eigenvalue weighted by Gasteiger charge is 2.27. The van der Waals surface area contributed by atoms with Crippen LogP contribution in [-0.4, -0.2) is 47.8 Å². The molecule has 0 unspecified atom stereocenters. The quantitative estimate of drug-likeness (QED) is 0.861. The van der Waals surface area contributed by atoms with E-state index in [0.29, 0.717) is 16.7 Å². The van der Waals surface area contributed by atoms with Crippen LogP contribution in [0.2, 0.25) is 0 Å². The minimum atomic E-state index is -0.755. The fourth-order valence-electron chi connectivity index (χ4n) is 2.08. The number of amides is 1. The number of rotatable bonds is 5. The lowest BCUT2D eigenvalue weighted by Gasteiger charge is -2.30. The van der Waals surface area contributed by atoms with E-state index in [2.05, 4.69) is 0 Å². The van der Waals surface area contributed by atoms with Gasteiger partial charge in [0.2, 0.25) is 0 Å². The van der Waals surface area contributed by atoms with E-state index in [9.17, 15) is 19.4 Å². The monoisotopic (exact) mass is 283 g/mol. The van der Waals surface area contributed by atoms with Crippen molar-refractivity contribution in [2.75, 3.05) is 26.8 Å². The molecule has 1 aromatic rings. The number of nitrogens with zero attached hydrogens (tertiary/aromatic N) is 1. The second-order valence-corrected chi connectivity index (χ2v) is 5.71. The maximum Gasteiger partial charge on any atom is 0.253 e. The molecule has 0 radical (unpaired) electrons. The van der Waals surface area contributed by atoms with Crippen LogP contribution in [0.4, 0.5) is 4.39 Å². The molecule has 0 aliphatic rings. The SMILES string of the molecule is Cc1cc(C(=O)N(C)CC(C)(CO)CO)cc(C)c1F. The van der Waals surface area contributed by atoms with Crippen molar-refractivity contribution < 1.29 is 19.4 Å². The summed E-state index contributed by atoms with van der Waals surface area (Å²) in [7, 11) is 1.60. The summed E-state index contributed by atoms with van der Waals surface area (Å²) in [4.78, 5) is 13.7. The number of hydrogen-bond acceptors (Lipinski definition) is 3. The van der Waals surface area contributed by atoms with Gasteiger partial charge in [0, 0.05) is 24.6 Å². The number of aliphatic hydroxyl groups is 2. The van der Waals surface area contributed by atoms with Crippen LogP contribution >= 0.6 is 0 Å². The fourth-order valence-corrected chi connectivity index (χ4v) is 2.08.